The molecule has 0 saturated carbocycles. The van der Waals surface area contributed by atoms with Crippen LogP contribution in [0.5, 0.6) is 0 Å². The Hall–Kier alpha value is -1.63. The van der Waals surface area contributed by atoms with Crippen molar-refractivity contribution in [3.63, 3.8) is 0 Å². The average Bonchev–Trinajstić information content (AvgIpc) is 2.23. The van der Waals surface area contributed by atoms with E-state index in [4.69, 9.17) is 0 Å². The number of rotatable bonds is 1. The summed E-state index contributed by atoms with van der Waals surface area (Å²) in [7, 11) is 0. The van der Waals surface area contributed by atoms with Gasteiger partial charge in [-0.15, -0.1) is 0 Å². The van der Waals surface area contributed by atoms with Crippen molar-refractivity contribution in [3.05, 3.63) is 52.7 Å². The molecule has 0 bridgehead atoms. The van der Waals surface area contributed by atoms with Crippen LogP contribution >= 0.6 is 0 Å². The maximum absolute atomic E-state index is 4.64. The first-order valence-electron chi connectivity index (χ1n) is 5.60. The maximum atomic E-state index is 4.64. The fourth-order valence-corrected chi connectivity index (χ4v) is 1.97. The molecule has 0 fully saturated rings. The van der Waals surface area contributed by atoms with Crippen molar-refractivity contribution in [3.8, 4) is 11.3 Å². The lowest BCUT2D eigenvalue weighted by molar-refractivity contribution is 1.14. The fourth-order valence-electron chi connectivity index (χ4n) is 1.97. The van der Waals surface area contributed by atoms with Crippen LogP contribution < -0.4 is 0 Å². The molecule has 1 heteroatoms. The summed E-state index contributed by atoms with van der Waals surface area (Å²) in [5, 5.41) is 0. The molecule has 2 rings (SSSR count). The Morgan fingerprint density at radius 3 is 2.38 bits per heavy atom. The van der Waals surface area contributed by atoms with Gasteiger partial charge in [0, 0.05) is 11.3 Å². The summed E-state index contributed by atoms with van der Waals surface area (Å²) >= 11 is 0. The van der Waals surface area contributed by atoms with Gasteiger partial charge in [-0.1, -0.05) is 23.8 Å². The fraction of sp³-hybridized carbons (Fsp3) is 0.267. The lowest BCUT2D eigenvalue weighted by Gasteiger charge is -2.10. The highest BCUT2D eigenvalue weighted by molar-refractivity contribution is 5.65. The molecular weight excluding hydrogens is 194 g/mol. The minimum absolute atomic E-state index is 1.08. The second kappa shape index (κ2) is 4.09. The third kappa shape index (κ3) is 1.99. The van der Waals surface area contributed by atoms with Crippen molar-refractivity contribution in [1.82, 2.24) is 4.98 Å². The number of aromatic nitrogens is 1. The zero-order valence-corrected chi connectivity index (χ0v) is 10.3. The van der Waals surface area contributed by atoms with Crippen molar-refractivity contribution in [1.29, 1.82) is 0 Å². The molecule has 0 amide bonds. The highest BCUT2D eigenvalue weighted by atomic mass is 14.7. The topological polar surface area (TPSA) is 12.9 Å². The van der Waals surface area contributed by atoms with Crippen LogP contribution in [0.3, 0.4) is 0 Å². The first-order valence-corrected chi connectivity index (χ1v) is 5.60. The summed E-state index contributed by atoms with van der Waals surface area (Å²) in [5.74, 6) is 0. The summed E-state index contributed by atoms with van der Waals surface area (Å²) in [6.45, 7) is 8.44. The van der Waals surface area contributed by atoms with E-state index < -0.39 is 0 Å². The van der Waals surface area contributed by atoms with Gasteiger partial charge in [0.2, 0.25) is 0 Å². The van der Waals surface area contributed by atoms with E-state index in [1.165, 1.54) is 22.3 Å². The van der Waals surface area contributed by atoms with Gasteiger partial charge in [0.25, 0.3) is 0 Å². The lowest BCUT2D eigenvalue weighted by Crippen LogP contribution is -1.94. The Labute approximate surface area is 97.2 Å². The zero-order valence-electron chi connectivity index (χ0n) is 10.3. The van der Waals surface area contributed by atoms with Crippen molar-refractivity contribution in [2.24, 2.45) is 0 Å². The van der Waals surface area contributed by atoms with E-state index in [-0.39, 0.29) is 0 Å². The van der Waals surface area contributed by atoms with Crippen LogP contribution in [-0.4, -0.2) is 4.98 Å². The third-order valence-corrected chi connectivity index (χ3v) is 2.95. The van der Waals surface area contributed by atoms with E-state index >= 15 is 0 Å². The van der Waals surface area contributed by atoms with Crippen molar-refractivity contribution in [2.75, 3.05) is 0 Å². The standard InChI is InChI=1S/C15H17N/c1-10-6-5-7-14(8-10)15-13(4)11(2)9-12(3)16-15/h5-9H,1-4H3. The highest BCUT2D eigenvalue weighted by Crippen LogP contribution is 2.24. The molecule has 1 nitrogen and oxygen atoms in total. The molecule has 82 valence electrons. The summed E-state index contributed by atoms with van der Waals surface area (Å²) in [6.07, 6.45) is 0. The predicted octanol–water partition coefficient (Wildman–Crippen LogP) is 3.98. The summed E-state index contributed by atoms with van der Waals surface area (Å²) < 4.78 is 0. The molecule has 1 heterocycles. The van der Waals surface area contributed by atoms with E-state index in [2.05, 4.69) is 56.1 Å². The quantitative estimate of drug-likeness (QED) is 0.695. The monoisotopic (exact) mass is 211 g/mol. The van der Waals surface area contributed by atoms with Crippen LogP contribution in [0.25, 0.3) is 11.3 Å². The number of pyridine rings is 1. The van der Waals surface area contributed by atoms with Gasteiger partial charge in [0.15, 0.2) is 0 Å². The molecule has 0 N–H and O–H groups in total. The maximum Gasteiger partial charge on any atom is 0.0737 e. The predicted molar refractivity (Wildman–Crippen MR) is 68.6 cm³/mol. The molecule has 0 aliphatic carbocycles. The van der Waals surface area contributed by atoms with Gasteiger partial charge >= 0.3 is 0 Å². The number of hydrogen-bond donors (Lipinski definition) is 0. The number of aryl methyl sites for hydroxylation is 3. The van der Waals surface area contributed by atoms with Crippen LogP contribution in [0.4, 0.5) is 0 Å². The van der Waals surface area contributed by atoms with Crippen molar-refractivity contribution < 1.29 is 0 Å². The molecule has 1 aromatic carbocycles. The second-order valence-corrected chi connectivity index (χ2v) is 4.42. The van der Waals surface area contributed by atoms with Gasteiger partial charge in [-0.25, -0.2) is 0 Å². The van der Waals surface area contributed by atoms with E-state index in [0.717, 1.165) is 11.4 Å². The minimum Gasteiger partial charge on any atom is -0.253 e. The second-order valence-electron chi connectivity index (χ2n) is 4.42. The van der Waals surface area contributed by atoms with Crippen LogP contribution in [0, 0.1) is 27.7 Å². The Balaban J connectivity index is 2.64. The lowest BCUT2D eigenvalue weighted by atomic mass is 10.0. The van der Waals surface area contributed by atoms with E-state index in [1.54, 1.807) is 0 Å². The molecule has 0 spiro atoms. The summed E-state index contributed by atoms with van der Waals surface area (Å²) in [6, 6.07) is 10.6. The Morgan fingerprint density at radius 1 is 0.938 bits per heavy atom. The highest BCUT2D eigenvalue weighted by Gasteiger charge is 2.06. The number of benzene rings is 1. The van der Waals surface area contributed by atoms with Crippen molar-refractivity contribution in [2.45, 2.75) is 27.7 Å². The molecule has 1 aromatic heterocycles. The number of hydrogen-bond acceptors (Lipinski definition) is 1. The van der Waals surface area contributed by atoms with Crippen LogP contribution in [0.15, 0.2) is 30.3 Å². The van der Waals surface area contributed by atoms with E-state index in [9.17, 15) is 0 Å². The van der Waals surface area contributed by atoms with Crippen LogP contribution in [0.2, 0.25) is 0 Å². The zero-order chi connectivity index (χ0) is 11.7. The molecule has 0 atom stereocenters. The number of nitrogens with zero attached hydrogens (tertiary/aromatic N) is 1. The first kappa shape index (κ1) is 10.9. The third-order valence-electron chi connectivity index (χ3n) is 2.95. The van der Waals surface area contributed by atoms with Gasteiger partial charge in [-0.2, -0.15) is 0 Å². The van der Waals surface area contributed by atoms with Gasteiger partial charge in [-0.3, -0.25) is 4.98 Å². The Morgan fingerprint density at radius 2 is 1.69 bits per heavy atom. The molecular formula is C15H17N. The minimum atomic E-state index is 1.08. The van der Waals surface area contributed by atoms with E-state index in [1.807, 2.05) is 6.92 Å². The van der Waals surface area contributed by atoms with Gasteiger partial charge in [0.1, 0.15) is 0 Å². The van der Waals surface area contributed by atoms with Crippen LogP contribution in [0.1, 0.15) is 22.4 Å². The molecule has 0 radical (unpaired) electrons. The molecule has 0 unspecified atom stereocenters. The molecule has 0 saturated heterocycles. The molecule has 16 heavy (non-hydrogen) atoms. The average molecular weight is 211 g/mol. The summed E-state index contributed by atoms with van der Waals surface area (Å²) in [5.41, 5.74) is 7.27. The molecule has 0 aliphatic rings. The normalized spacial score (nSPS) is 10.5. The van der Waals surface area contributed by atoms with E-state index in [0.29, 0.717) is 0 Å². The smallest absolute Gasteiger partial charge is 0.0737 e. The molecule has 2 aromatic rings. The first-order chi connectivity index (χ1) is 7.58. The Kier molecular flexibility index (Phi) is 2.78. The SMILES string of the molecule is Cc1cccc(-c2nc(C)cc(C)c2C)c1. The van der Waals surface area contributed by atoms with Gasteiger partial charge in [0.05, 0.1) is 5.69 Å². The van der Waals surface area contributed by atoms with Crippen LogP contribution in [-0.2, 0) is 0 Å². The van der Waals surface area contributed by atoms with Crippen molar-refractivity contribution >= 4 is 0 Å². The van der Waals surface area contributed by atoms with Gasteiger partial charge in [-0.05, 0) is 51.0 Å². The summed E-state index contributed by atoms with van der Waals surface area (Å²) in [4.78, 5) is 4.64. The molecule has 0 aliphatic heterocycles. The Bertz CT molecular complexity index is 527. The van der Waals surface area contributed by atoms with Gasteiger partial charge < -0.3 is 0 Å². The largest absolute Gasteiger partial charge is 0.253 e.